The van der Waals surface area contributed by atoms with Gasteiger partial charge in [-0.05, 0) is 45.6 Å². The smallest absolute Gasteiger partial charge is 0.407 e. The molecular formula is C17H28NO5P. The zero-order valence-corrected chi connectivity index (χ0v) is 15.6. The number of carbonyl (C=O) groups excluding carboxylic acids is 1. The minimum absolute atomic E-state index is 0.191. The van der Waals surface area contributed by atoms with E-state index < -0.39 is 24.9 Å². The van der Waals surface area contributed by atoms with E-state index in [1.54, 1.807) is 20.8 Å². The fourth-order valence-corrected chi connectivity index (χ4v) is 2.79. The van der Waals surface area contributed by atoms with Crippen LogP contribution in [0.4, 0.5) is 4.79 Å². The second-order valence-corrected chi connectivity index (χ2v) is 9.10. The van der Waals surface area contributed by atoms with Crippen LogP contribution in [0.3, 0.4) is 0 Å². The molecule has 0 saturated heterocycles. The Morgan fingerprint density at radius 2 is 1.83 bits per heavy atom. The van der Waals surface area contributed by atoms with Crippen LogP contribution in [0, 0.1) is 0 Å². The van der Waals surface area contributed by atoms with Gasteiger partial charge in [0.15, 0.2) is 0 Å². The summed E-state index contributed by atoms with van der Waals surface area (Å²) in [4.78, 5) is 30.6. The minimum Gasteiger partial charge on any atom is -0.444 e. The molecule has 0 aliphatic heterocycles. The number of rotatable bonds is 7. The quantitative estimate of drug-likeness (QED) is 0.650. The molecule has 0 aromatic heterocycles. The molecule has 1 unspecified atom stereocenters. The number of carbonyl (C=O) groups is 1. The lowest BCUT2D eigenvalue weighted by Gasteiger charge is -2.25. The lowest BCUT2D eigenvalue weighted by Crippen LogP contribution is -2.40. The van der Waals surface area contributed by atoms with Crippen LogP contribution in [-0.2, 0) is 15.7 Å². The lowest BCUT2D eigenvalue weighted by atomic mass is 10.0. The summed E-state index contributed by atoms with van der Waals surface area (Å²) in [7, 11) is -4.18. The highest BCUT2D eigenvalue weighted by atomic mass is 31.2. The Kier molecular flexibility index (Phi) is 7.46. The van der Waals surface area contributed by atoms with E-state index in [0.29, 0.717) is 12.8 Å². The van der Waals surface area contributed by atoms with Crippen LogP contribution in [0.2, 0.25) is 0 Å². The predicted octanol–water partition coefficient (Wildman–Crippen LogP) is 3.47. The van der Waals surface area contributed by atoms with Crippen molar-refractivity contribution in [3.8, 4) is 0 Å². The van der Waals surface area contributed by atoms with Crippen molar-refractivity contribution in [3.63, 3.8) is 0 Å². The Labute approximate surface area is 143 Å². The van der Waals surface area contributed by atoms with Crippen LogP contribution in [0.5, 0.6) is 0 Å². The molecule has 2 atom stereocenters. The van der Waals surface area contributed by atoms with E-state index in [0.717, 1.165) is 5.56 Å². The summed E-state index contributed by atoms with van der Waals surface area (Å²) in [6.45, 7) is 6.80. The number of benzene rings is 1. The zero-order valence-electron chi connectivity index (χ0n) is 14.7. The number of amides is 1. The van der Waals surface area contributed by atoms with E-state index in [2.05, 4.69) is 5.32 Å². The third-order valence-electron chi connectivity index (χ3n) is 3.54. The lowest BCUT2D eigenvalue weighted by molar-refractivity contribution is 0.0498. The summed E-state index contributed by atoms with van der Waals surface area (Å²) < 4.78 is 16.6. The van der Waals surface area contributed by atoms with E-state index in [1.807, 2.05) is 30.3 Å². The first-order valence-corrected chi connectivity index (χ1v) is 9.74. The molecule has 136 valence electrons. The third kappa shape index (κ3) is 8.48. The molecule has 0 heterocycles. The summed E-state index contributed by atoms with van der Waals surface area (Å²) >= 11 is 0. The normalized spacial score (nSPS) is 14.8. The van der Waals surface area contributed by atoms with Crippen LogP contribution in [-0.4, -0.2) is 33.2 Å². The van der Waals surface area contributed by atoms with Gasteiger partial charge in [0.05, 0.1) is 5.66 Å². The van der Waals surface area contributed by atoms with Gasteiger partial charge in [0, 0.05) is 6.04 Å². The predicted molar refractivity (Wildman–Crippen MR) is 94.0 cm³/mol. The van der Waals surface area contributed by atoms with Crippen molar-refractivity contribution in [2.24, 2.45) is 0 Å². The summed E-state index contributed by atoms with van der Waals surface area (Å²) in [6, 6.07) is 9.39. The second-order valence-electron chi connectivity index (χ2n) is 7.04. The highest BCUT2D eigenvalue weighted by Gasteiger charge is 2.28. The first-order valence-electron chi connectivity index (χ1n) is 8.06. The number of hydrogen-bond acceptors (Lipinski definition) is 3. The SMILES string of the molecule is CC(C[C@H](CCc1ccccc1)NC(=O)OC(C)(C)C)P(=O)(O)O. The second kappa shape index (κ2) is 8.65. The third-order valence-corrected chi connectivity index (χ3v) is 4.90. The first-order chi connectivity index (χ1) is 11.0. The van der Waals surface area contributed by atoms with Gasteiger partial charge in [0.1, 0.15) is 5.60 Å². The fourth-order valence-electron chi connectivity index (χ4n) is 2.26. The molecule has 7 heteroatoms. The van der Waals surface area contributed by atoms with Crippen molar-refractivity contribution in [2.45, 2.75) is 64.3 Å². The van der Waals surface area contributed by atoms with Crippen LogP contribution in [0.25, 0.3) is 0 Å². The first kappa shape index (κ1) is 20.7. The van der Waals surface area contributed by atoms with Crippen LogP contribution in [0.1, 0.15) is 46.1 Å². The standard InChI is InChI=1S/C17H28NO5P/c1-13(24(20,21)22)12-15(18-16(19)23-17(2,3)4)11-10-14-8-6-5-7-9-14/h5-9,13,15H,10-12H2,1-4H3,(H,18,19)(H2,20,21,22)/t13?,15-/m0/s1. The summed E-state index contributed by atoms with van der Waals surface area (Å²) in [5.74, 6) is 0. The summed E-state index contributed by atoms with van der Waals surface area (Å²) in [5, 5.41) is 2.74. The number of hydrogen-bond donors (Lipinski definition) is 3. The van der Waals surface area contributed by atoms with E-state index in [1.165, 1.54) is 6.92 Å². The molecule has 1 rings (SSSR count). The summed E-state index contributed by atoms with van der Waals surface area (Å²) in [6.07, 6.45) is 0.901. The van der Waals surface area contributed by atoms with E-state index in [9.17, 15) is 19.1 Å². The number of aryl methyl sites for hydroxylation is 1. The van der Waals surface area contributed by atoms with Gasteiger partial charge in [-0.15, -0.1) is 0 Å². The maximum absolute atomic E-state index is 12.0. The summed E-state index contributed by atoms with van der Waals surface area (Å²) in [5.41, 5.74) is -0.339. The molecule has 0 bridgehead atoms. The van der Waals surface area contributed by atoms with Crippen LogP contribution < -0.4 is 5.32 Å². The molecule has 24 heavy (non-hydrogen) atoms. The Balaban J connectivity index is 2.71. The average Bonchev–Trinajstić information content (AvgIpc) is 2.42. The minimum atomic E-state index is -4.18. The van der Waals surface area contributed by atoms with Gasteiger partial charge in [-0.25, -0.2) is 4.79 Å². The molecule has 0 fully saturated rings. The van der Waals surface area contributed by atoms with Crippen LogP contribution >= 0.6 is 7.60 Å². The van der Waals surface area contributed by atoms with Gasteiger partial charge < -0.3 is 19.8 Å². The number of nitrogens with one attached hydrogen (secondary N) is 1. The average molecular weight is 357 g/mol. The molecule has 0 spiro atoms. The van der Waals surface area contributed by atoms with Gasteiger partial charge in [-0.1, -0.05) is 37.3 Å². The molecule has 1 aromatic carbocycles. The Morgan fingerprint density at radius 3 is 2.33 bits per heavy atom. The molecular weight excluding hydrogens is 329 g/mol. The van der Waals surface area contributed by atoms with E-state index >= 15 is 0 Å². The van der Waals surface area contributed by atoms with Crippen molar-refractivity contribution in [2.75, 3.05) is 0 Å². The molecule has 0 saturated carbocycles. The van der Waals surface area contributed by atoms with E-state index in [4.69, 9.17) is 4.74 Å². The Hall–Kier alpha value is -1.36. The molecule has 0 aliphatic rings. The monoisotopic (exact) mass is 357 g/mol. The highest BCUT2D eigenvalue weighted by Crippen LogP contribution is 2.43. The van der Waals surface area contributed by atoms with Crippen molar-refractivity contribution < 1.29 is 23.9 Å². The van der Waals surface area contributed by atoms with Crippen molar-refractivity contribution >= 4 is 13.7 Å². The molecule has 1 amide bonds. The van der Waals surface area contributed by atoms with Crippen molar-refractivity contribution in [1.29, 1.82) is 0 Å². The van der Waals surface area contributed by atoms with Crippen LogP contribution in [0.15, 0.2) is 30.3 Å². The molecule has 0 aliphatic carbocycles. The maximum Gasteiger partial charge on any atom is 0.407 e. The highest BCUT2D eigenvalue weighted by molar-refractivity contribution is 7.52. The van der Waals surface area contributed by atoms with Gasteiger partial charge in [-0.2, -0.15) is 0 Å². The topological polar surface area (TPSA) is 95.9 Å². The maximum atomic E-state index is 12.0. The Bertz CT molecular complexity index is 564. The molecule has 6 nitrogen and oxygen atoms in total. The largest absolute Gasteiger partial charge is 0.444 e. The molecule has 3 N–H and O–H groups in total. The van der Waals surface area contributed by atoms with Gasteiger partial charge >= 0.3 is 13.7 Å². The number of alkyl carbamates (subject to hydrolysis) is 1. The Morgan fingerprint density at radius 1 is 1.25 bits per heavy atom. The van der Waals surface area contributed by atoms with Crippen molar-refractivity contribution in [1.82, 2.24) is 5.32 Å². The van der Waals surface area contributed by atoms with Gasteiger partial charge in [-0.3, -0.25) is 4.57 Å². The van der Waals surface area contributed by atoms with Gasteiger partial charge in [0.25, 0.3) is 0 Å². The van der Waals surface area contributed by atoms with Gasteiger partial charge in [0.2, 0.25) is 0 Å². The number of ether oxygens (including phenoxy) is 1. The van der Waals surface area contributed by atoms with E-state index in [-0.39, 0.29) is 12.5 Å². The molecule has 0 radical (unpaired) electrons. The fraction of sp³-hybridized carbons (Fsp3) is 0.588. The molecule has 1 aromatic rings. The van der Waals surface area contributed by atoms with Crippen molar-refractivity contribution in [3.05, 3.63) is 35.9 Å². The zero-order chi connectivity index (χ0) is 18.4.